The summed E-state index contributed by atoms with van der Waals surface area (Å²) in [5.74, 6) is 0. The summed E-state index contributed by atoms with van der Waals surface area (Å²) in [6.07, 6.45) is 5.23. The van der Waals surface area contributed by atoms with Crippen LogP contribution in [0.2, 0.25) is 0 Å². The van der Waals surface area contributed by atoms with Gasteiger partial charge in [0.15, 0.2) is 0 Å². The van der Waals surface area contributed by atoms with E-state index in [1.54, 1.807) is 0 Å². The standard InChI is InChI=1S/C7H11IO/c8-6-1-4-9-7(5-6)2-3-7/h6H,1-5H2. The third kappa shape index (κ3) is 1.24. The molecule has 1 atom stereocenters. The van der Waals surface area contributed by atoms with E-state index < -0.39 is 0 Å². The molecule has 1 aliphatic carbocycles. The molecule has 52 valence electrons. The molecule has 0 bridgehead atoms. The summed E-state index contributed by atoms with van der Waals surface area (Å²) in [5.41, 5.74) is 0.393. The molecule has 0 amide bonds. The highest BCUT2D eigenvalue weighted by Crippen LogP contribution is 2.47. The van der Waals surface area contributed by atoms with E-state index in [1.807, 2.05) is 0 Å². The second kappa shape index (κ2) is 2.09. The van der Waals surface area contributed by atoms with Gasteiger partial charge in [0, 0.05) is 10.5 Å². The second-order valence-corrected chi connectivity index (χ2v) is 4.88. The molecule has 2 heteroatoms. The lowest BCUT2D eigenvalue weighted by atomic mass is 10.1. The van der Waals surface area contributed by atoms with Crippen molar-refractivity contribution in [2.75, 3.05) is 6.61 Å². The van der Waals surface area contributed by atoms with E-state index in [-0.39, 0.29) is 0 Å². The Morgan fingerprint density at radius 3 is 2.67 bits per heavy atom. The van der Waals surface area contributed by atoms with Crippen molar-refractivity contribution in [3.05, 3.63) is 0 Å². The number of rotatable bonds is 0. The number of halogens is 1. The van der Waals surface area contributed by atoms with Crippen LogP contribution >= 0.6 is 22.6 Å². The summed E-state index contributed by atoms with van der Waals surface area (Å²) < 4.78 is 6.53. The van der Waals surface area contributed by atoms with Crippen molar-refractivity contribution < 1.29 is 4.74 Å². The molecule has 0 aromatic heterocycles. The Morgan fingerprint density at radius 1 is 1.44 bits per heavy atom. The third-order valence-corrected chi connectivity index (χ3v) is 3.30. The molecule has 0 aromatic rings. The largest absolute Gasteiger partial charge is 0.375 e. The van der Waals surface area contributed by atoms with E-state index in [4.69, 9.17) is 4.74 Å². The van der Waals surface area contributed by atoms with Gasteiger partial charge in [0.1, 0.15) is 0 Å². The molecule has 2 fully saturated rings. The first-order valence-electron chi connectivity index (χ1n) is 3.59. The van der Waals surface area contributed by atoms with E-state index in [0.29, 0.717) is 5.60 Å². The number of alkyl halides is 1. The molecule has 0 aromatic carbocycles. The molecule has 1 heterocycles. The summed E-state index contributed by atoms with van der Waals surface area (Å²) in [6.45, 7) is 1.01. The molecule has 1 spiro atoms. The highest BCUT2D eigenvalue weighted by Gasteiger charge is 2.46. The van der Waals surface area contributed by atoms with Crippen LogP contribution in [-0.2, 0) is 4.74 Å². The van der Waals surface area contributed by atoms with E-state index in [2.05, 4.69) is 22.6 Å². The van der Waals surface area contributed by atoms with Crippen molar-refractivity contribution in [2.45, 2.75) is 35.2 Å². The summed E-state index contributed by atoms with van der Waals surface area (Å²) in [4.78, 5) is 0. The number of ether oxygens (including phenoxy) is 1. The second-order valence-electron chi connectivity index (χ2n) is 3.12. The van der Waals surface area contributed by atoms with Gasteiger partial charge in [0.05, 0.1) is 5.60 Å². The summed E-state index contributed by atoms with van der Waals surface area (Å²) in [5, 5.41) is 0. The van der Waals surface area contributed by atoms with E-state index in [1.165, 1.54) is 25.7 Å². The van der Waals surface area contributed by atoms with Crippen molar-refractivity contribution in [3.8, 4) is 0 Å². The minimum Gasteiger partial charge on any atom is -0.375 e. The Balaban J connectivity index is 1.96. The minimum absolute atomic E-state index is 0.393. The molecule has 0 radical (unpaired) electrons. The Morgan fingerprint density at radius 2 is 2.22 bits per heavy atom. The van der Waals surface area contributed by atoms with E-state index >= 15 is 0 Å². The van der Waals surface area contributed by atoms with Crippen molar-refractivity contribution in [2.24, 2.45) is 0 Å². The maximum atomic E-state index is 5.64. The van der Waals surface area contributed by atoms with Crippen molar-refractivity contribution in [1.29, 1.82) is 0 Å². The monoisotopic (exact) mass is 238 g/mol. The zero-order chi connectivity index (χ0) is 6.32. The van der Waals surface area contributed by atoms with Gasteiger partial charge in [-0.05, 0) is 25.7 Å². The fourth-order valence-corrected chi connectivity index (χ4v) is 2.51. The molecular formula is C7H11IO. The lowest BCUT2D eigenvalue weighted by Gasteiger charge is -2.25. The predicted molar refractivity (Wildman–Crippen MR) is 45.0 cm³/mol. The molecule has 1 saturated carbocycles. The Bertz CT molecular complexity index is 120. The highest BCUT2D eigenvalue weighted by molar-refractivity contribution is 14.1. The summed E-state index contributed by atoms with van der Waals surface area (Å²) >= 11 is 2.54. The van der Waals surface area contributed by atoms with Gasteiger partial charge in [-0.2, -0.15) is 0 Å². The first-order chi connectivity index (χ1) is 4.31. The molecule has 2 rings (SSSR count). The fourth-order valence-electron chi connectivity index (χ4n) is 1.46. The van der Waals surface area contributed by atoms with Crippen molar-refractivity contribution in [3.63, 3.8) is 0 Å². The van der Waals surface area contributed by atoms with Gasteiger partial charge in [0.25, 0.3) is 0 Å². The minimum atomic E-state index is 0.393. The number of hydrogen-bond donors (Lipinski definition) is 0. The Hall–Kier alpha value is 0.690. The van der Waals surface area contributed by atoms with E-state index in [9.17, 15) is 0 Å². The maximum Gasteiger partial charge on any atom is 0.0694 e. The van der Waals surface area contributed by atoms with Crippen LogP contribution in [0.25, 0.3) is 0 Å². The zero-order valence-electron chi connectivity index (χ0n) is 5.40. The SMILES string of the molecule is IC1CCOC2(CC2)C1. The molecular weight excluding hydrogens is 227 g/mol. The average molecular weight is 238 g/mol. The average Bonchev–Trinajstić information content (AvgIpc) is 2.49. The molecule has 1 unspecified atom stereocenters. The normalized spacial score (nSPS) is 39.0. The third-order valence-electron chi connectivity index (χ3n) is 2.24. The van der Waals surface area contributed by atoms with Crippen LogP contribution in [0.3, 0.4) is 0 Å². The van der Waals surface area contributed by atoms with Crippen LogP contribution in [0.5, 0.6) is 0 Å². The summed E-state index contributed by atoms with van der Waals surface area (Å²) in [7, 11) is 0. The number of hydrogen-bond acceptors (Lipinski definition) is 1. The van der Waals surface area contributed by atoms with Gasteiger partial charge in [-0.15, -0.1) is 0 Å². The first kappa shape index (κ1) is 6.40. The Kier molecular flexibility index (Phi) is 1.49. The van der Waals surface area contributed by atoms with Crippen LogP contribution in [0.15, 0.2) is 0 Å². The van der Waals surface area contributed by atoms with Crippen LogP contribution in [-0.4, -0.2) is 16.1 Å². The highest BCUT2D eigenvalue weighted by atomic mass is 127. The van der Waals surface area contributed by atoms with Gasteiger partial charge >= 0.3 is 0 Å². The van der Waals surface area contributed by atoms with Crippen LogP contribution < -0.4 is 0 Å². The smallest absolute Gasteiger partial charge is 0.0694 e. The fraction of sp³-hybridized carbons (Fsp3) is 1.00. The molecule has 0 N–H and O–H groups in total. The van der Waals surface area contributed by atoms with E-state index in [0.717, 1.165) is 10.5 Å². The Labute approximate surface area is 69.3 Å². The van der Waals surface area contributed by atoms with Gasteiger partial charge in [-0.1, -0.05) is 22.6 Å². The van der Waals surface area contributed by atoms with Gasteiger partial charge in [-0.3, -0.25) is 0 Å². The van der Waals surface area contributed by atoms with Crippen molar-refractivity contribution >= 4 is 22.6 Å². The van der Waals surface area contributed by atoms with Crippen LogP contribution in [0, 0.1) is 0 Å². The van der Waals surface area contributed by atoms with Crippen molar-refractivity contribution in [1.82, 2.24) is 0 Å². The quantitative estimate of drug-likeness (QED) is 0.464. The predicted octanol–water partition coefficient (Wildman–Crippen LogP) is 2.13. The van der Waals surface area contributed by atoms with Gasteiger partial charge in [0.2, 0.25) is 0 Å². The van der Waals surface area contributed by atoms with Crippen LogP contribution in [0.4, 0.5) is 0 Å². The zero-order valence-corrected chi connectivity index (χ0v) is 7.56. The van der Waals surface area contributed by atoms with Crippen LogP contribution in [0.1, 0.15) is 25.7 Å². The first-order valence-corrected chi connectivity index (χ1v) is 4.83. The topological polar surface area (TPSA) is 9.23 Å². The molecule has 1 nitrogen and oxygen atoms in total. The van der Waals surface area contributed by atoms with Gasteiger partial charge in [-0.25, -0.2) is 0 Å². The van der Waals surface area contributed by atoms with Gasteiger partial charge < -0.3 is 4.74 Å². The molecule has 2 aliphatic rings. The molecule has 1 saturated heterocycles. The lowest BCUT2D eigenvalue weighted by molar-refractivity contribution is 0.000892. The molecule has 1 aliphatic heterocycles. The summed E-state index contributed by atoms with van der Waals surface area (Å²) in [6, 6.07) is 0. The maximum absolute atomic E-state index is 5.64. The molecule has 9 heavy (non-hydrogen) atoms. The lowest BCUT2D eigenvalue weighted by Crippen LogP contribution is -2.26.